The van der Waals surface area contributed by atoms with E-state index in [1.165, 1.54) is 6.07 Å². The summed E-state index contributed by atoms with van der Waals surface area (Å²) in [6.45, 7) is 0.981. The molecule has 0 radical (unpaired) electrons. The average Bonchev–Trinajstić information content (AvgIpc) is 2.44. The Labute approximate surface area is 111 Å². The third-order valence-corrected chi connectivity index (χ3v) is 2.89. The highest BCUT2D eigenvalue weighted by Crippen LogP contribution is 2.20. The fourth-order valence-electron chi connectivity index (χ4n) is 1.88. The third kappa shape index (κ3) is 3.53. The fraction of sp³-hybridized carbons (Fsp3) is 0.200. The van der Waals surface area contributed by atoms with Gasteiger partial charge in [0, 0.05) is 18.7 Å². The number of aliphatic hydroxyl groups excluding tert-OH is 1. The van der Waals surface area contributed by atoms with Crippen molar-refractivity contribution in [2.45, 2.75) is 19.7 Å². The van der Waals surface area contributed by atoms with Crippen LogP contribution in [0.2, 0.25) is 0 Å². The van der Waals surface area contributed by atoms with Crippen molar-refractivity contribution in [1.29, 1.82) is 0 Å². The van der Waals surface area contributed by atoms with E-state index >= 15 is 0 Å². The van der Waals surface area contributed by atoms with Gasteiger partial charge in [0.25, 0.3) is 0 Å². The van der Waals surface area contributed by atoms with Gasteiger partial charge >= 0.3 is 0 Å². The van der Waals surface area contributed by atoms with Gasteiger partial charge in [0.05, 0.1) is 6.61 Å². The van der Waals surface area contributed by atoms with Crippen LogP contribution in [-0.4, -0.2) is 10.2 Å². The summed E-state index contributed by atoms with van der Waals surface area (Å²) in [6.07, 6.45) is 0. The van der Waals surface area contributed by atoms with Crippen LogP contribution in [-0.2, 0) is 19.7 Å². The van der Waals surface area contributed by atoms with Crippen LogP contribution in [0.3, 0.4) is 0 Å². The second kappa shape index (κ2) is 6.31. The van der Waals surface area contributed by atoms with E-state index in [0.717, 1.165) is 11.1 Å². The van der Waals surface area contributed by atoms with Gasteiger partial charge in [-0.3, -0.25) is 0 Å². The molecule has 3 nitrogen and oxygen atoms in total. The van der Waals surface area contributed by atoms with Crippen molar-refractivity contribution in [3.8, 4) is 5.75 Å². The first kappa shape index (κ1) is 13.5. The van der Waals surface area contributed by atoms with Crippen molar-refractivity contribution in [2.75, 3.05) is 0 Å². The molecule has 0 bridgehead atoms. The van der Waals surface area contributed by atoms with E-state index in [1.54, 1.807) is 12.1 Å². The highest BCUT2D eigenvalue weighted by molar-refractivity contribution is 5.33. The van der Waals surface area contributed by atoms with Crippen molar-refractivity contribution in [1.82, 2.24) is 5.32 Å². The second-order valence-electron chi connectivity index (χ2n) is 4.33. The highest BCUT2D eigenvalue weighted by Gasteiger charge is 2.05. The molecular formula is C15H16FNO2. The lowest BCUT2D eigenvalue weighted by Gasteiger charge is -2.08. The summed E-state index contributed by atoms with van der Waals surface area (Å²) in [5.74, 6) is -0.916. The number of hydrogen-bond donors (Lipinski definition) is 3. The molecule has 0 spiro atoms. The van der Waals surface area contributed by atoms with Gasteiger partial charge in [-0.1, -0.05) is 36.4 Å². The summed E-state index contributed by atoms with van der Waals surface area (Å²) >= 11 is 0. The van der Waals surface area contributed by atoms with Crippen molar-refractivity contribution < 1.29 is 14.6 Å². The normalized spacial score (nSPS) is 10.6. The first-order valence-corrected chi connectivity index (χ1v) is 6.06. The van der Waals surface area contributed by atoms with Crippen LogP contribution < -0.4 is 5.32 Å². The van der Waals surface area contributed by atoms with Crippen LogP contribution in [0.4, 0.5) is 4.39 Å². The smallest absolute Gasteiger partial charge is 0.165 e. The van der Waals surface area contributed by atoms with Crippen LogP contribution in [0.15, 0.2) is 42.5 Å². The van der Waals surface area contributed by atoms with Crippen molar-refractivity contribution in [3.05, 3.63) is 65.0 Å². The minimum atomic E-state index is -0.610. The van der Waals surface area contributed by atoms with Crippen molar-refractivity contribution in [3.63, 3.8) is 0 Å². The van der Waals surface area contributed by atoms with Gasteiger partial charge in [0.15, 0.2) is 11.6 Å². The van der Waals surface area contributed by atoms with E-state index in [0.29, 0.717) is 18.7 Å². The summed E-state index contributed by atoms with van der Waals surface area (Å²) in [5.41, 5.74) is 2.41. The largest absolute Gasteiger partial charge is 0.505 e. The Morgan fingerprint density at radius 2 is 1.74 bits per heavy atom. The van der Waals surface area contributed by atoms with Crippen molar-refractivity contribution >= 4 is 0 Å². The molecule has 4 heteroatoms. The van der Waals surface area contributed by atoms with Gasteiger partial charge < -0.3 is 15.5 Å². The third-order valence-electron chi connectivity index (χ3n) is 2.89. The molecule has 0 aliphatic rings. The summed E-state index contributed by atoms with van der Waals surface area (Å²) in [6, 6.07) is 12.0. The van der Waals surface area contributed by atoms with Crippen LogP contribution in [0, 0.1) is 5.82 Å². The number of benzene rings is 2. The molecule has 0 saturated heterocycles. The van der Waals surface area contributed by atoms with Gasteiger partial charge in [-0.05, 0) is 17.2 Å². The van der Waals surface area contributed by atoms with Crippen LogP contribution >= 0.6 is 0 Å². The Morgan fingerprint density at radius 3 is 2.53 bits per heavy atom. The Bertz CT molecular complexity index is 558. The Morgan fingerprint density at radius 1 is 1.00 bits per heavy atom. The first-order valence-electron chi connectivity index (χ1n) is 6.06. The molecule has 0 atom stereocenters. The molecule has 0 heterocycles. The molecule has 100 valence electrons. The molecule has 0 aromatic heterocycles. The molecule has 19 heavy (non-hydrogen) atoms. The second-order valence-corrected chi connectivity index (χ2v) is 4.33. The minimum absolute atomic E-state index is 0.0124. The lowest BCUT2D eigenvalue weighted by molar-refractivity contribution is 0.281. The van der Waals surface area contributed by atoms with Crippen LogP contribution in [0.25, 0.3) is 0 Å². The number of aliphatic hydroxyl groups is 1. The Kier molecular flexibility index (Phi) is 4.49. The summed E-state index contributed by atoms with van der Waals surface area (Å²) in [4.78, 5) is 0. The molecule has 0 saturated carbocycles. The number of halogens is 1. The van der Waals surface area contributed by atoms with Crippen LogP contribution in [0.5, 0.6) is 5.75 Å². The van der Waals surface area contributed by atoms with E-state index in [1.807, 2.05) is 24.3 Å². The predicted octanol–water partition coefficient (Wildman–Crippen LogP) is 2.31. The molecule has 0 fully saturated rings. The molecule has 0 aliphatic carbocycles. The number of rotatable bonds is 5. The highest BCUT2D eigenvalue weighted by atomic mass is 19.1. The topological polar surface area (TPSA) is 52.5 Å². The van der Waals surface area contributed by atoms with Gasteiger partial charge in [0.2, 0.25) is 0 Å². The Balaban J connectivity index is 1.94. The van der Waals surface area contributed by atoms with Crippen LogP contribution in [0.1, 0.15) is 16.7 Å². The van der Waals surface area contributed by atoms with Gasteiger partial charge in [-0.2, -0.15) is 0 Å². The molecular weight excluding hydrogens is 245 g/mol. The zero-order chi connectivity index (χ0) is 13.7. The maximum absolute atomic E-state index is 13.1. The predicted molar refractivity (Wildman–Crippen MR) is 71.0 cm³/mol. The van der Waals surface area contributed by atoms with E-state index in [-0.39, 0.29) is 12.4 Å². The lowest BCUT2D eigenvalue weighted by Crippen LogP contribution is -2.13. The fourth-order valence-corrected chi connectivity index (χ4v) is 1.88. The number of nitrogens with one attached hydrogen (secondary N) is 1. The Hall–Kier alpha value is -1.91. The molecule has 0 aliphatic heterocycles. The quantitative estimate of drug-likeness (QED) is 0.774. The number of phenolic OH excluding ortho intramolecular Hbond substituents is 1. The zero-order valence-corrected chi connectivity index (χ0v) is 10.4. The van der Waals surface area contributed by atoms with E-state index in [4.69, 9.17) is 5.11 Å². The van der Waals surface area contributed by atoms with E-state index in [9.17, 15) is 9.50 Å². The summed E-state index contributed by atoms with van der Waals surface area (Å²) in [7, 11) is 0. The van der Waals surface area contributed by atoms with Gasteiger partial charge in [0.1, 0.15) is 0 Å². The number of hydrogen-bond acceptors (Lipinski definition) is 3. The maximum Gasteiger partial charge on any atom is 0.165 e. The summed E-state index contributed by atoms with van der Waals surface area (Å²) < 4.78 is 13.1. The monoisotopic (exact) mass is 261 g/mol. The SMILES string of the molecule is OCc1cccc(CNCc2cccc(F)c2O)c1. The lowest BCUT2D eigenvalue weighted by atomic mass is 10.1. The standard InChI is InChI=1S/C15H16FNO2/c16-14-6-2-5-13(15(14)19)9-17-8-11-3-1-4-12(7-11)10-18/h1-7,17-19H,8-10H2. The van der Waals surface area contributed by atoms with E-state index < -0.39 is 5.82 Å². The maximum atomic E-state index is 13.1. The molecule has 2 rings (SSSR count). The summed E-state index contributed by atoms with van der Waals surface area (Å²) in [5, 5.41) is 21.7. The van der Waals surface area contributed by atoms with Crippen molar-refractivity contribution in [2.24, 2.45) is 0 Å². The number of phenols is 1. The number of para-hydroxylation sites is 1. The number of aromatic hydroxyl groups is 1. The first-order chi connectivity index (χ1) is 9.20. The molecule has 0 unspecified atom stereocenters. The molecule has 2 aromatic carbocycles. The molecule has 2 aromatic rings. The average molecular weight is 261 g/mol. The van der Waals surface area contributed by atoms with E-state index in [2.05, 4.69) is 5.32 Å². The zero-order valence-electron chi connectivity index (χ0n) is 10.4. The molecule has 0 amide bonds. The van der Waals surface area contributed by atoms with Gasteiger partial charge in [-0.15, -0.1) is 0 Å². The minimum Gasteiger partial charge on any atom is -0.505 e. The molecule has 3 N–H and O–H groups in total. The van der Waals surface area contributed by atoms with Gasteiger partial charge in [-0.25, -0.2) is 4.39 Å².